The molecule has 0 fully saturated rings. The molecule has 0 saturated carbocycles. The molecule has 3 heterocycles. The Morgan fingerprint density at radius 1 is 0.970 bits per heavy atom. The number of carbonyl (C=O) groups is 1. The number of hydrogen-bond donors (Lipinski definition) is 5. The molecule has 9 nitrogen and oxygen atoms in total. The molecule has 33 heavy (non-hydrogen) atoms. The number of anilines is 1. The predicted octanol–water partition coefficient (Wildman–Crippen LogP) is 3.66. The molecule has 0 radical (unpaired) electrons. The van der Waals surface area contributed by atoms with Crippen molar-refractivity contribution in [2.75, 3.05) is 11.9 Å². The van der Waals surface area contributed by atoms with E-state index < -0.39 is 12.1 Å². The number of aliphatic hydroxyl groups excluding tert-OH is 1. The number of aliphatic hydroxyl groups is 1. The fraction of sp³-hybridized carbons (Fsp3) is 0.167. The Balaban J connectivity index is 1.75. The molecule has 2 amide bonds. The molecular formula is C24H23N5O4. The molecule has 1 aromatic carbocycles. The minimum absolute atomic E-state index is 0.127. The van der Waals surface area contributed by atoms with Crippen LogP contribution in [0.15, 0.2) is 60.9 Å². The van der Waals surface area contributed by atoms with Crippen molar-refractivity contribution in [2.45, 2.75) is 19.4 Å². The van der Waals surface area contributed by atoms with Gasteiger partial charge in [-0.15, -0.1) is 0 Å². The van der Waals surface area contributed by atoms with Gasteiger partial charge in [-0.05, 0) is 48.4 Å². The van der Waals surface area contributed by atoms with E-state index in [1.54, 1.807) is 30.3 Å². The normalized spacial score (nSPS) is 11.8. The van der Waals surface area contributed by atoms with E-state index in [0.29, 0.717) is 40.0 Å². The minimum atomic E-state index is -0.595. The third-order valence-corrected chi connectivity index (χ3v) is 5.12. The first-order valence-electron chi connectivity index (χ1n) is 10.4. The van der Waals surface area contributed by atoms with E-state index in [1.807, 2.05) is 13.0 Å². The highest BCUT2D eigenvalue weighted by atomic mass is 16.3. The van der Waals surface area contributed by atoms with E-state index in [0.717, 1.165) is 5.39 Å². The van der Waals surface area contributed by atoms with Gasteiger partial charge < -0.3 is 26.0 Å². The van der Waals surface area contributed by atoms with Crippen molar-refractivity contribution < 1.29 is 20.1 Å². The number of aromatic hydroxyl groups is 2. The van der Waals surface area contributed by atoms with Crippen molar-refractivity contribution in [3.05, 3.63) is 60.9 Å². The fourth-order valence-corrected chi connectivity index (χ4v) is 3.38. The van der Waals surface area contributed by atoms with Gasteiger partial charge >= 0.3 is 6.03 Å². The van der Waals surface area contributed by atoms with Gasteiger partial charge in [0.25, 0.3) is 0 Å². The maximum atomic E-state index is 12.2. The average Bonchev–Trinajstić information content (AvgIpc) is 2.81. The fourth-order valence-electron chi connectivity index (χ4n) is 3.38. The van der Waals surface area contributed by atoms with Crippen molar-refractivity contribution in [3.8, 4) is 34.1 Å². The van der Waals surface area contributed by atoms with Crippen LogP contribution in [0.1, 0.15) is 13.3 Å². The third kappa shape index (κ3) is 5.16. The topological polar surface area (TPSA) is 140 Å². The van der Waals surface area contributed by atoms with E-state index >= 15 is 0 Å². The van der Waals surface area contributed by atoms with Crippen LogP contribution in [0.2, 0.25) is 0 Å². The summed E-state index contributed by atoms with van der Waals surface area (Å²) in [6.45, 7) is 2.00. The Bertz CT molecular complexity index is 1310. The van der Waals surface area contributed by atoms with Crippen molar-refractivity contribution >= 4 is 22.6 Å². The zero-order chi connectivity index (χ0) is 23.4. The summed E-state index contributed by atoms with van der Waals surface area (Å²) in [5.74, 6) is -0.255. The first-order chi connectivity index (χ1) is 15.9. The van der Waals surface area contributed by atoms with Crippen LogP contribution in [0.4, 0.5) is 10.5 Å². The predicted molar refractivity (Wildman–Crippen MR) is 125 cm³/mol. The number of aromatic nitrogens is 3. The summed E-state index contributed by atoms with van der Waals surface area (Å²) in [4.78, 5) is 24.6. The number of fused-ring (bicyclic) bond motifs is 1. The SMILES string of the molecule is CCC(O)CNC(=O)Nc1ccc2nc(-c3ccnc(O)c3)c(-c3ccnc(O)c3)cc2c1. The molecule has 0 aliphatic carbocycles. The summed E-state index contributed by atoms with van der Waals surface area (Å²) in [5, 5.41) is 35.5. The number of carbonyl (C=O) groups excluding carboxylic acids is 1. The zero-order valence-corrected chi connectivity index (χ0v) is 17.9. The summed E-state index contributed by atoms with van der Waals surface area (Å²) in [6.07, 6.45) is 2.94. The first kappa shape index (κ1) is 22.0. The Hall–Kier alpha value is -4.24. The van der Waals surface area contributed by atoms with Crippen molar-refractivity contribution in [2.24, 2.45) is 0 Å². The van der Waals surface area contributed by atoms with Gasteiger partial charge in [0.1, 0.15) is 0 Å². The number of pyridine rings is 3. The minimum Gasteiger partial charge on any atom is -0.493 e. The van der Waals surface area contributed by atoms with E-state index in [1.165, 1.54) is 24.5 Å². The molecule has 1 unspecified atom stereocenters. The van der Waals surface area contributed by atoms with Gasteiger partial charge in [-0.1, -0.05) is 6.92 Å². The summed E-state index contributed by atoms with van der Waals surface area (Å²) in [6, 6.07) is 13.3. The van der Waals surface area contributed by atoms with Crippen LogP contribution < -0.4 is 10.6 Å². The maximum Gasteiger partial charge on any atom is 0.319 e. The molecule has 0 spiro atoms. The van der Waals surface area contributed by atoms with Crippen LogP contribution in [0.3, 0.4) is 0 Å². The summed E-state index contributed by atoms with van der Waals surface area (Å²) in [7, 11) is 0. The molecule has 5 N–H and O–H groups in total. The monoisotopic (exact) mass is 445 g/mol. The van der Waals surface area contributed by atoms with Crippen LogP contribution in [0.25, 0.3) is 33.3 Å². The average molecular weight is 445 g/mol. The highest BCUT2D eigenvalue weighted by Crippen LogP contribution is 2.35. The van der Waals surface area contributed by atoms with E-state index in [4.69, 9.17) is 4.98 Å². The second-order valence-electron chi connectivity index (χ2n) is 7.49. The highest BCUT2D eigenvalue weighted by molar-refractivity contribution is 5.96. The Morgan fingerprint density at radius 3 is 2.36 bits per heavy atom. The number of rotatable bonds is 6. The molecule has 168 valence electrons. The van der Waals surface area contributed by atoms with Crippen molar-refractivity contribution in [3.63, 3.8) is 0 Å². The van der Waals surface area contributed by atoms with E-state index in [-0.39, 0.29) is 18.3 Å². The quantitative estimate of drug-likeness (QED) is 0.305. The summed E-state index contributed by atoms with van der Waals surface area (Å²) < 4.78 is 0. The number of benzene rings is 1. The molecule has 4 rings (SSSR count). The van der Waals surface area contributed by atoms with E-state index in [9.17, 15) is 20.1 Å². The molecular weight excluding hydrogens is 422 g/mol. The lowest BCUT2D eigenvalue weighted by Crippen LogP contribution is -2.34. The standard InChI is InChI=1S/C24H23N5O4/c1-2-18(30)13-27-24(33)28-17-3-4-20-16(9-17)10-19(14-5-7-25-21(31)11-14)23(29-20)15-6-8-26-22(32)12-15/h3-12,18,30H,2,13H2,1H3,(H,25,31)(H,26,32)(H2,27,28,33). The molecule has 0 aliphatic rings. The third-order valence-electron chi connectivity index (χ3n) is 5.12. The number of nitrogens with one attached hydrogen (secondary N) is 2. The number of hydrogen-bond acceptors (Lipinski definition) is 7. The Morgan fingerprint density at radius 2 is 1.67 bits per heavy atom. The van der Waals surface area contributed by atoms with Gasteiger partial charge in [-0.2, -0.15) is 0 Å². The van der Waals surface area contributed by atoms with Gasteiger partial charge in [0.15, 0.2) is 0 Å². The summed E-state index contributed by atoms with van der Waals surface area (Å²) in [5.41, 5.74) is 3.89. The number of amides is 2. The molecule has 4 aromatic rings. The second kappa shape index (κ2) is 9.49. The van der Waals surface area contributed by atoms with Gasteiger partial charge in [0, 0.05) is 53.3 Å². The van der Waals surface area contributed by atoms with Gasteiger partial charge in [-0.25, -0.2) is 19.7 Å². The molecule has 0 aliphatic heterocycles. The molecule has 9 heteroatoms. The number of urea groups is 1. The maximum absolute atomic E-state index is 12.2. The number of nitrogens with zero attached hydrogens (tertiary/aromatic N) is 3. The summed E-state index contributed by atoms with van der Waals surface area (Å²) >= 11 is 0. The lowest BCUT2D eigenvalue weighted by Gasteiger charge is -2.14. The smallest absolute Gasteiger partial charge is 0.319 e. The molecule has 1 atom stereocenters. The van der Waals surface area contributed by atoms with E-state index in [2.05, 4.69) is 20.6 Å². The lowest BCUT2D eigenvalue weighted by molar-refractivity contribution is 0.168. The van der Waals surface area contributed by atoms with Crippen molar-refractivity contribution in [1.82, 2.24) is 20.3 Å². The van der Waals surface area contributed by atoms with Gasteiger partial charge in [0.05, 0.1) is 17.3 Å². The largest absolute Gasteiger partial charge is 0.493 e. The first-order valence-corrected chi connectivity index (χ1v) is 10.4. The Labute approximate surface area is 189 Å². The lowest BCUT2D eigenvalue weighted by atomic mass is 9.98. The molecule has 3 aromatic heterocycles. The highest BCUT2D eigenvalue weighted by Gasteiger charge is 2.14. The zero-order valence-electron chi connectivity index (χ0n) is 17.9. The molecule has 0 saturated heterocycles. The van der Waals surface area contributed by atoms with Crippen LogP contribution in [0.5, 0.6) is 11.8 Å². The van der Waals surface area contributed by atoms with Crippen molar-refractivity contribution in [1.29, 1.82) is 0 Å². The molecule has 0 bridgehead atoms. The van der Waals surface area contributed by atoms with Crippen LogP contribution in [-0.2, 0) is 0 Å². The van der Waals surface area contributed by atoms with Gasteiger partial charge in [0.2, 0.25) is 11.8 Å². The van der Waals surface area contributed by atoms with Gasteiger partial charge in [-0.3, -0.25) is 0 Å². The second-order valence-corrected chi connectivity index (χ2v) is 7.49. The van der Waals surface area contributed by atoms with Crippen LogP contribution in [0, 0.1) is 0 Å². The van der Waals surface area contributed by atoms with Crippen LogP contribution in [-0.4, -0.2) is 49.0 Å². The Kier molecular flexibility index (Phi) is 6.32. The van der Waals surface area contributed by atoms with Crippen LogP contribution >= 0.6 is 0 Å².